The van der Waals surface area contributed by atoms with Crippen molar-refractivity contribution in [3.05, 3.63) is 32.9 Å². The molecular weight excluding hydrogens is 370 g/mol. The fourth-order valence-electron chi connectivity index (χ4n) is 4.67. The van der Waals surface area contributed by atoms with Gasteiger partial charge in [0.25, 0.3) is 0 Å². The highest BCUT2D eigenvalue weighted by atomic mass is 32.1. The van der Waals surface area contributed by atoms with E-state index >= 15 is 0 Å². The molecule has 0 saturated carbocycles. The van der Waals surface area contributed by atoms with Crippen molar-refractivity contribution in [1.82, 2.24) is 25.1 Å². The van der Waals surface area contributed by atoms with E-state index in [-0.39, 0.29) is 36.1 Å². The van der Waals surface area contributed by atoms with Crippen molar-refractivity contribution in [3.8, 4) is 0 Å². The zero-order valence-electron chi connectivity index (χ0n) is 14.9. The van der Waals surface area contributed by atoms with Crippen molar-refractivity contribution in [1.29, 1.82) is 0 Å². The number of hydrogen-bond donors (Lipinski definition) is 2. The molecule has 144 valence electrons. The van der Waals surface area contributed by atoms with E-state index in [0.717, 1.165) is 18.5 Å². The quantitative estimate of drug-likeness (QED) is 0.698. The number of esters is 1. The highest BCUT2D eigenvalue weighted by Crippen LogP contribution is 2.52. The Kier molecular flexibility index (Phi) is 4.58. The minimum atomic E-state index is -0.734. The topological polar surface area (TPSA) is 121 Å². The molecule has 3 atom stereocenters. The number of fused-ring (bicyclic) bond motifs is 2. The Bertz CT molecular complexity index is 891. The van der Waals surface area contributed by atoms with E-state index < -0.39 is 5.41 Å². The molecule has 2 bridgehead atoms. The van der Waals surface area contributed by atoms with Crippen LogP contribution in [0, 0.1) is 5.41 Å². The molecule has 2 saturated heterocycles. The third-order valence-corrected chi connectivity index (χ3v) is 6.36. The van der Waals surface area contributed by atoms with Gasteiger partial charge in [-0.3, -0.25) is 14.6 Å². The van der Waals surface area contributed by atoms with Crippen LogP contribution in [-0.4, -0.2) is 56.1 Å². The summed E-state index contributed by atoms with van der Waals surface area (Å²) in [5.74, 6) is 0.175. The first kappa shape index (κ1) is 17.9. The van der Waals surface area contributed by atoms with Crippen LogP contribution < -0.4 is 5.69 Å². The lowest BCUT2D eigenvalue weighted by molar-refractivity contribution is -0.155. The molecule has 1 amide bonds. The first-order valence-corrected chi connectivity index (χ1v) is 9.88. The van der Waals surface area contributed by atoms with Gasteiger partial charge in [0.05, 0.1) is 23.7 Å². The van der Waals surface area contributed by atoms with Gasteiger partial charge >= 0.3 is 11.7 Å². The van der Waals surface area contributed by atoms with E-state index in [1.54, 1.807) is 5.51 Å². The molecule has 27 heavy (non-hydrogen) atoms. The molecule has 0 aromatic carbocycles. The summed E-state index contributed by atoms with van der Waals surface area (Å²) in [6.45, 7) is 0. The molecule has 0 radical (unpaired) electrons. The van der Waals surface area contributed by atoms with Gasteiger partial charge in [-0.1, -0.05) is 0 Å². The molecule has 2 aliphatic rings. The average molecular weight is 391 g/mol. The summed E-state index contributed by atoms with van der Waals surface area (Å²) in [4.78, 5) is 45.6. The number of thiazole rings is 1. The lowest BCUT2D eigenvalue weighted by atomic mass is 9.71. The van der Waals surface area contributed by atoms with Crippen LogP contribution in [0.4, 0.5) is 0 Å². The van der Waals surface area contributed by atoms with Gasteiger partial charge in [0.1, 0.15) is 5.82 Å². The third kappa shape index (κ3) is 3.07. The summed E-state index contributed by atoms with van der Waals surface area (Å²) in [7, 11) is 1.40. The second kappa shape index (κ2) is 6.91. The Hall–Kier alpha value is -2.49. The molecule has 2 aromatic heterocycles. The first-order chi connectivity index (χ1) is 13.0. The maximum absolute atomic E-state index is 12.9. The number of aromatic nitrogens is 4. The number of amides is 1. The van der Waals surface area contributed by atoms with Crippen LogP contribution >= 0.6 is 11.3 Å². The molecular formula is C17H21N5O4S. The number of aryl methyl sites for hydroxylation is 1. The number of H-pyrrole nitrogens is 2. The Morgan fingerprint density at radius 2 is 2.30 bits per heavy atom. The van der Waals surface area contributed by atoms with Crippen LogP contribution in [0.15, 0.2) is 15.7 Å². The number of carbonyl (C=O) groups excluding carboxylic acids is 2. The maximum Gasteiger partial charge on any atom is 0.340 e. The van der Waals surface area contributed by atoms with Crippen LogP contribution in [0.25, 0.3) is 0 Å². The number of carbonyl (C=O) groups is 2. The molecule has 4 heterocycles. The van der Waals surface area contributed by atoms with Crippen molar-refractivity contribution in [2.75, 3.05) is 7.11 Å². The number of aromatic amines is 2. The van der Waals surface area contributed by atoms with Crippen molar-refractivity contribution >= 4 is 23.2 Å². The Labute approximate surface area is 159 Å². The van der Waals surface area contributed by atoms with E-state index in [4.69, 9.17) is 4.74 Å². The molecule has 4 rings (SSSR count). The molecule has 2 aliphatic heterocycles. The van der Waals surface area contributed by atoms with E-state index in [2.05, 4.69) is 20.2 Å². The number of nitrogens with zero attached hydrogens (tertiary/aromatic N) is 3. The maximum atomic E-state index is 12.9. The summed E-state index contributed by atoms with van der Waals surface area (Å²) in [6.07, 6.45) is 3.36. The fourth-order valence-corrected chi connectivity index (χ4v) is 5.23. The first-order valence-electron chi connectivity index (χ1n) is 8.94. The molecule has 2 N–H and O–H groups in total. The van der Waals surface area contributed by atoms with Gasteiger partial charge in [-0.25, -0.2) is 14.9 Å². The zero-order chi connectivity index (χ0) is 19.0. The minimum absolute atomic E-state index is 0.0181. The highest BCUT2D eigenvalue weighted by Gasteiger charge is 2.61. The largest absolute Gasteiger partial charge is 0.469 e. The second-order valence-electron chi connectivity index (χ2n) is 7.18. The van der Waals surface area contributed by atoms with Crippen molar-refractivity contribution in [2.24, 2.45) is 5.41 Å². The van der Waals surface area contributed by atoms with Gasteiger partial charge in [-0.15, -0.1) is 11.3 Å². The van der Waals surface area contributed by atoms with E-state index in [1.807, 2.05) is 10.3 Å². The zero-order valence-corrected chi connectivity index (χ0v) is 15.8. The summed E-state index contributed by atoms with van der Waals surface area (Å²) >= 11 is 1.49. The number of nitrogens with one attached hydrogen (secondary N) is 2. The van der Waals surface area contributed by atoms with Crippen molar-refractivity contribution in [2.45, 2.75) is 50.6 Å². The van der Waals surface area contributed by atoms with Gasteiger partial charge in [-0.05, 0) is 19.3 Å². The molecule has 9 nitrogen and oxygen atoms in total. The van der Waals surface area contributed by atoms with Crippen LogP contribution in [0.5, 0.6) is 0 Å². The van der Waals surface area contributed by atoms with Crippen LogP contribution in [-0.2, 0) is 27.2 Å². The molecule has 0 aliphatic carbocycles. The third-order valence-electron chi connectivity index (χ3n) is 5.73. The van der Waals surface area contributed by atoms with E-state index in [1.165, 1.54) is 18.4 Å². The lowest BCUT2D eigenvalue weighted by Crippen LogP contribution is -2.47. The SMILES string of the molecule is COC(=O)[C@@]1(Cc2cscn2)C[C@H]2CC[C@@H]1N2C(=O)CCc1n[nH]c(=O)[nH]1. The minimum Gasteiger partial charge on any atom is -0.469 e. The average Bonchev–Trinajstić information content (AvgIpc) is 3.43. The molecule has 2 aromatic rings. The van der Waals surface area contributed by atoms with E-state index in [0.29, 0.717) is 25.1 Å². The highest BCUT2D eigenvalue weighted by molar-refractivity contribution is 7.07. The van der Waals surface area contributed by atoms with Crippen molar-refractivity contribution in [3.63, 3.8) is 0 Å². The van der Waals surface area contributed by atoms with E-state index in [9.17, 15) is 14.4 Å². The Balaban J connectivity index is 1.53. The van der Waals surface area contributed by atoms with Crippen LogP contribution in [0.1, 0.15) is 37.2 Å². The summed E-state index contributed by atoms with van der Waals surface area (Å²) in [6, 6.07) is -0.138. The fraction of sp³-hybridized carbons (Fsp3) is 0.588. The summed E-state index contributed by atoms with van der Waals surface area (Å²) in [5, 5.41) is 8.08. The van der Waals surface area contributed by atoms with Gasteiger partial charge in [-0.2, -0.15) is 5.10 Å². The standard InChI is InChI=1S/C17H21N5O4S/c1-26-15(24)17(6-10-8-27-9-18-10)7-11-2-3-12(17)22(11)14(23)5-4-13-19-16(25)21-20-13/h8-9,11-12H,2-7H2,1H3,(H2,19,20,21,25)/t11-,12+,17+/m1/s1. The van der Waals surface area contributed by atoms with Gasteiger partial charge in [0.15, 0.2) is 0 Å². The molecule has 2 fully saturated rings. The predicted octanol–water partition coefficient (Wildman–Crippen LogP) is 0.653. The molecule has 10 heteroatoms. The molecule has 0 spiro atoms. The Morgan fingerprint density at radius 1 is 1.44 bits per heavy atom. The van der Waals surface area contributed by atoms with Crippen LogP contribution in [0.3, 0.4) is 0 Å². The van der Waals surface area contributed by atoms with Gasteiger partial charge in [0, 0.05) is 36.7 Å². The summed E-state index contributed by atoms with van der Waals surface area (Å²) < 4.78 is 5.14. The number of methoxy groups -OCH3 is 1. The van der Waals surface area contributed by atoms with Gasteiger partial charge in [0.2, 0.25) is 5.91 Å². The molecule has 0 unspecified atom stereocenters. The number of rotatable bonds is 6. The second-order valence-corrected chi connectivity index (χ2v) is 7.90. The summed E-state index contributed by atoms with van der Waals surface area (Å²) in [5.41, 5.74) is 1.49. The predicted molar refractivity (Wildman–Crippen MR) is 96.1 cm³/mol. The lowest BCUT2D eigenvalue weighted by Gasteiger charge is -2.34. The van der Waals surface area contributed by atoms with Crippen LogP contribution in [0.2, 0.25) is 0 Å². The number of hydrogen-bond acceptors (Lipinski definition) is 7. The smallest absolute Gasteiger partial charge is 0.340 e. The van der Waals surface area contributed by atoms with Gasteiger partial charge < -0.3 is 9.64 Å². The van der Waals surface area contributed by atoms with Crippen molar-refractivity contribution < 1.29 is 14.3 Å². The monoisotopic (exact) mass is 391 g/mol. The number of ether oxygens (including phenoxy) is 1. The Morgan fingerprint density at radius 3 is 2.96 bits per heavy atom. The normalized spacial score (nSPS) is 26.5.